The maximum Gasteiger partial charge on any atom is 0.173 e. The topological polar surface area (TPSA) is 42.9 Å². The van der Waals surface area contributed by atoms with Crippen LogP contribution in [-0.2, 0) is 0 Å². The summed E-state index contributed by atoms with van der Waals surface area (Å²) in [6.07, 6.45) is 0. The van der Waals surface area contributed by atoms with Crippen LogP contribution in [0.5, 0.6) is 0 Å². The van der Waals surface area contributed by atoms with Gasteiger partial charge in [0, 0.05) is 10.9 Å². The van der Waals surface area contributed by atoms with Gasteiger partial charge in [0.05, 0.1) is 11.3 Å². The van der Waals surface area contributed by atoms with Crippen LogP contribution in [0, 0.1) is 20.8 Å². The zero-order valence-electron chi connectivity index (χ0n) is 13.5. The molecule has 0 radical (unpaired) electrons. The zero-order valence-corrected chi connectivity index (χ0v) is 14.3. The predicted octanol–water partition coefficient (Wildman–Crippen LogP) is 4.53. The molecule has 2 aromatic carbocycles. The van der Waals surface area contributed by atoms with Crippen LogP contribution in [0.15, 0.2) is 47.5 Å². The van der Waals surface area contributed by atoms with Crippen molar-refractivity contribution in [2.24, 2.45) is 0 Å². The first-order chi connectivity index (χ1) is 11.0. The molecule has 0 aliphatic rings. The minimum atomic E-state index is 0.136. The molecule has 0 saturated carbocycles. The van der Waals surface area contributed by atoms with Gasteiger partial charge in [0.1, 0.15) is 10.9 Å². The largest absolute Gasteiger partial charge is 0.293 e. The van der Waals surface area contributed by atoms with Crippen LogP contribution in [0.25, 0.3) is 10.9 Å². The summed E-state index contributed by atoms with van der Waals surface area (Å²) in [6.45, 7) is 5.86. The summed E-state index contributed by atoms with van der Waals surface area (Å²) in [5.74, 6) is 1.24. The van der Waals surface area contributed by atoms with E-state index < -0.39 is 0 Å². The number of benzene rings is 2. The van der Waals surface area contributed by atoms with Crippen molar-refractivity contribution in [3.8, 4) is 0 Å². The molecule has 0 atom stereocenters. The quantitative estimate of drug-likeness (QED) is 0.402. The molecule has 0 unspecified atom stereocenters. The highest BCUT2D eigenvalue weighted by atomic mass is 32.2. The second-order valence-corrected chi connectivity index (χ2v) is 6.59. The molecule has 0 aliphatic heterocycles. The fraction of sp³-hybridized carbons (Fsp3) is 0.211. The normalized spacial score (nSPS) is 10.9. The average Bonchev–Trinajstić information content (AvgIpc) is 2.54. The van der Waals surface area contributed by atoms with E-state index in [-0.39, 0.29) is 5.78 Å². The van der Waals surface area contributed by atoms with Crippen LogP contribution in [0.3, 0.4) is 0 Å². The fourth-order valence-electron chi connectivity index (χ4n) is 2.52. The van der Waals surface area contributed by atoms with Gasteiger partial charge in [0.25, 0.3) is 0 Å². The van der Waals surface area contributed by atoms with E-state index in [2.05, 4.69) is 9.97 Å². The van der Waals surface area contributed by atoms with Crippen LogP contribution in [0.1, 0.15) is 27.3 Å². The van der Waals surface area contributed by atoms with E-state index in [0.717, 1.165) is 38.4 Å². The molecular weight excluding hydrogens is 304 g/mol. The van der Waals surface area contributed by atoms with Gasteiger partial charge in [0.15, 0.2) is 5.78 Å². The van der Waals surface area contributed by atoms with E-state index in [1.54, 1.807) is 0 Å². The second-order valence-electron chi connectivity index (χ2n) is 5.62. The van der Waals surface area contributed by atoms with Crippen molar-refractivity contribution in [3.05, 3.63) is 65.0 Å². The molecule has 116 valence electrons. The number of fused-ring (bicyclic) bond motifs is 1. The lowest BCUT2D eigenvalue weighted by Gasteiger charge is -2.08. The SMILES string of the molecule is Cc1ccc(C)c(C(=O)CSc2nc(C)nc3ccccc23)c1. The molecule has 1 aromatic heterocycles. The molecule has 0 aliphatic carbocycles. The summed E-state index contributed by atoms with van der Waals surface area (Å²) in [5, 5.41) is 1.86. The van der Waals surface area contributed by atoms with Crippen molar-refractivity contribution in [3.63, 3.8) is 0 Å². The van der Waals surface area contributed by atoms with E-state index >= 15 is 0 Å². The molecular formula is C19H18N2OS. The van der Waals surface area contributed by atoms with E-state index in [0.29, 0.717) is 5.75 Å². The number of thioether (sulfide) groups is 1. The van der Waals surface area contributed by atoms with Gasteiger partial charge in [-0.15, -0.1) is 0 Å². The lowest BCUT2D eigenvalue weighted by molar-refractivity contribution is 0.102. The van der Waals surface area contributed by atoms with Crippen molar-refractivity contribution >= 4 is 28.4 Å². The first kappa shape index (κ1) is 15.7. The minimum absolute atomic E-state index is 0.136. The highest BCUT2D eigenvalue weighted by Crippen LogP contribution is 2.26. The standard InChI is InChI=1S/C19H18N2OS/c1-12-8-9-13(2)16(10-12)18(22)11-23-19-15-6-4-5-7-17(15)20-14(3)21-19/h4-10H,11H2,1-3H3. The highest BCUT2D eigenvalue weighted by Gasteiger charge is 2.12. The minimum Gasteiger partial charge on any atom is -0.293 e. The summed E-state index contributed by atoms with van der Waals surface area (Å²) in [5.41, 5.74) is 3.84. The van der Waals surface area contributed by atoms with Gasteiger partial charge in [0.2, 0.25) is 0 Å². The molecule has 1 heterocycles. The lowest BCUT2D eigenvalue weighted by atomic mass is 10.0. The Balaban J connectivity index is 1.86. The number of carbonyl (C=O) groups is 1. The number of ketones is 1. The molecule has 3 aromatic rings. The van der Waals surface area contributed by atoms with E-state index in [1.165, 1.54) is 11.8 Å². The van der Waals surface area contributed by atoms with Gasteiger partial charge in [-0.25, -0.2) is 9.97 Å². The van der Waals surface area contributed by atoms with Gasteiger partial charge >= 0.3 is 0 Å². The number of para-hydroxylation sites is 1. The van der Waals surface area contributed by atoms with Crippen LogP contribution in [0.4, 0.5) is 0 Å². The van der Waals surface area contributed by atoms with Gasteiger partial charge in [-0.1, -0.05) is 47.7 Å². The third-order valence-electron chi connectivity index (χ3n) is 3.71. The Morgan fingerprint density at radius 3 is 2.65 bits per heavy atom. The Kier molecular flexibility index (Phi) is 4.44. The Hall–Kier alpha value is -2.20. The van der Waals surface area contributed by atoms with Crippen molar-refractivity contribution in [2.45, 2.75) is 25.8 Å². The first-order valence-electron chi connectivity index (χ1n) is 7.51. The maximum atomic E-state index is 12.5. The van der Waals surface area contributed by atoms with Crippen LogP contribution in [-0.4, -0.2) is 21.5 Å². The Labute approximate surface area is 140 Å². The molecule has 3 nitrogen and oxygen atoms in total. The van der Waals surface area contributed by atoms with Gasteiger partial charge < -0.3 is 0 Å². The Morgan fingerprint density at radius 1 is 1.04 bits per heavy atom. The number of aryl methyl sites for hydroxylation is 3. The van der Waals surface area contributed by atoms with Crippen LogP contribution >= 0.6 is 11.8 Å². The molecule has 0 saturated heterocycles. The van der Waals surface area contributed by atoms with Crippen molar-refractivity contribution in [2.75, 3.05) is 5.75 Å². The molecule has 0 spiro atoms. The summed E-state index contributed by atoms with van der Waals surface area (Å²) in [6, 6.07) is 13.9. The number of rotatable bonds is 4. The summed E-state index contributed by atoms with van der Waals surface area (Å²) >= 11 is 1.48. The van der Waals surface area contributed by atoms with Crippen molar-refractivity contribution < 1.29 is 4.79 Å². The van der Waals surface area contributed by atoms with Crippen molar-refractivity contribution in [1.29, 1.82) is 0 Å². The van der Waals surface area contributed by atoms with Crippen LogP contribution in [0.2, 0.25) is 0 Å². The summed E-state index contributed by atoms with van der Waals surface area (Å²) in [7, 11) is 0. The summed E-state index contributed by atoms with van der Waals surface area (Å²) in [4.78, 5) is 21.5. The molecule has 0 bridgehead atoms. The predicted molar refractivity (Wildman–Crippen MR) is 95.2 cm³/mol. The van der Waals surface area contributed by atoms with Gasteiger partial charge in [-0.3, -0.25) is 4.79 Å². The molecule has 0 fully saturated rings. The third kappa shape index (κ3) is 3.42. The Morgan fingerprint density at radius 2 is 1.83 bits per heavy atom. The summed E-state index contributed by atoms with van der Waals surface area (Å²) < 4.78 is 0. The number of aromatic nitrogens is 2. The highest BCUT2D eigenvalue weighted by molar-refractivity contribution is 8.00. The van der Waals surface area contributed by atoms with Crippen LogP contribution < -0.4 is 0 Å². The number of Topliss-reactive ketones (excluding diaryl/α,β-unsaturated/α-hetero) is 1. The number of hydrogen-bond acceptors (Lipinski definition) is 4. The number of carbonyl (C=O) groups excluding carboxylic acids is 1. The monoisotopic (exact) mass is 322 g/mol. The first-order valence-corrected chi connectivity index (χ1v) is 8.50. The molecule has 4 heteroatoms. The van der Waals surface area contributed by atoms with E-state index in [1.807, 2.05) is 63.2 Å². The maximum absolute atomic E-state index is 12.5. The second kappa shape index (κ2) is 6.50. The zero-order chi connectivity index (χ0) is 16.4. The van der Waals surface area contributed by atoms with Gasteiger partial charge in [-0.2, -0.15) is 0 Å². The Bertz CT molecular complexity index is 890. The van der Waals surface area contributed by atoms with Gasteiger partial charge in [-0.05, 0) is 38.5 Å². The molecule has 0 amide bonds. The average molecular weight is 322 g/mol. The molecule has 23 heavy (non-hydrogen) atoms. The van der Waals surface area contributed by atoms with E-state index in [9.17, 15) is 4.79 Å². The van der Waals surface area contributed by atoms with Crippen molar-refractivity contribution in [1.82, 2.24) is 9.97 Å². The lowest BCUT2D eigenvalue weighted by Crippen LogP contribution is -2.06. The third-order valence-corrected chi connectivity index (χ3v) is 4.70. The fourth-order valence-corrected chi connectivity index (χ4v) is 3.46. The number of hydrogen-bond donors (Lipinski definition) is 0. The molecule has 0 N–H and O–H groups in total. The van der Waals surface area contributed by atoms with E-state index in [4.69, 9.17) is 0 Å². The smallest absolute Gasteiger partial charge is 0.173 e. The number of nitrogens with zero attached hydrogens (tertiary/aromatic N) is 2. The molecule has 3 rings (SSSR count).